The summed E-state index contributed by atoms with van der Waals surface area (Å²) in [4.78, 5) is 34.3. The molecule has 0 atom stereocenters. The van der Waals surface area contributed by atoms with E-state index in [-0.39, 0.29) is 16.8 Å². The number of hydrogen-bond donors (Lipinski definition) is 0. The first-order valence-corrected chi connectivity index (χ1v) is 2.45. The second kappa shape index (κ2) is 2.69. The fourth-order valence-corrected chi connectivity index (χ4v) is 0. The van der Waals surface area contributed by atoms with E-state index in [9.17, 15) is 0 Å². The largest absolute Gasteiger partial charge is 4.00 e. The predicted octanol–water partition coefficient (Wildman–Crippen LogP) is -5.14. The van der Waals surface area contributed by atoms with Crippen LogP contribution >= 0.6 is 0 Å². The Morgan fingerprint density at radius 1 is 0.833 bits per heavy atom. The van der Waals surface area contributed by atoms with Crippen LogP contribution in [0.4, 0.5) is 0 Å². The molecule has 1 radical (unpaired) electrons. The Balaban J connectivity index is 0. The van der Waals surface area contributed by atoms with Gasteiger partial charge in [0.15, 0.2) is 0 Å². The van der Waals surface area contributed by atoms with Gasteiger partial charge in [-0.15, -0.1) is 0 Å². The second-order valence-corrected chi connectivity index (χ2v) is 1.50. The smallest absolute Gasteiger partial charge is 0.894 e. The van der Waals surface area contributed by atoms with Crippen molar-refractivity contribution in [3.8, 4) is 0 Å². The monoisotopic (exact) mass is 151 g/mol. The number of rotatable bonds is 0. The molecule has 0 N–H and O–H groups in total. The quantitative estimate of drug-likeness (QED) is 0.323. The van der Waals surface area contributed by atoms with E-state index in [1.807, 2.05) is 0 Å². The van der Waals surface area contributed by atoms with Crippen molar-refractivity contribution >= 4 is 9.05 Å². The van der Waals surface area contributed by atoms with E-state index in [1.165, 1.54) is 0 Å². The van der Waals surface area contributed by atoms with Gasteiger partial charge in [-0.1, -0.05) is 0 Å². The zero-order valence-corrected chi connectivity index (χ0v) is 4.51. The third kappa shape index (κ3) is 183. The molecule has 37 valence electrons. The average molecular weight is 151 g/mol. The molecule has 6 heteroatoms. The zero-order valence-electron chi connectivity index (χ0n) is 2.47. The van der Waals surface area contributed by atoms with Crippen LogP contribution in [0.15, 0.2) is 0 Å². The molecular formula is CoO4Si. The van der Waals surface area contributed by atoms with Crippen molar-refractivity contribution in [2.75, 3.05) is 0 Å². The third-order valence-electron chi connectivity index (χ3n) is 0. The third-order valence-corrected chi connectivity index (χ3v) is 0. The van der Waals surface area contributed by atoms with E-state index >= 15 is 0 Å². The van der Waals surface area contributed by atoms with Gasteiger partial charge in [0.05, 0.1) is 0 Å². The van der Waals surface area contributed by atoms with Crippen LogP contribution in [0.25, 0.3) is 0 Å². The fourth-order valence-electron chi connectivity index (χ4n) is 0. The van der Waals surface area contributed by atoms with Crippen molar-refractivity contribution in [1.82, 2.24) is 0 Å². The van der Waals surface area contributed by atoms with E-state index in [1.54, 1.807) is 0 Å². The summed E-state index contributed by atoms with van der Waals surface area (Å²) in [7, 11) is -5.61. The van der Waals surface area contributed by atoms with Crippen LogP contribution in [0.5, 0.6) is 0 Å². The van der Waals surface area contributed by atoms with Crippen LogP contribution in [0.1, 0.15) is 0 Å². The van der Waals surface area contributed by atoms with Crippen molar-refractivity contribution in [2.24, 2.45) is 0 Å². The van der Waals surface area contributed by atoms with E-state index in [0.29, 0.717) is 0 Å². The zero-order chi connectivity index (χ0) is 4.50. The maximum Gasteiger partial charge on any atom is 4.00 e. The molecule has 0 spiro atoms. The van der Waals surface area contributed by atoms with Crippen molar-refractivity contribution in [3.05, 3.63) is 0 Å². The molecule has 0 aromatic rings. The summed E-state index contributed by atoms with van der Waals surface area (Å²) in [6.45, 7) is 0. The SMILES string of the molecule is [Co+4].[O-][Si]([O-])([O-])[O-]. The molecule has 0 bridgehead atoms. The van der Waals surface area contributed by atoms with E-state index in [2.05, 4.69) is 0 Å². The molecule has 4 nitrogen and oxygen atoms in total. The van der Waals surface area contributed by atoms with Gasteiger partial charge in [0.2, 0.25) is 0 Å². The van der Waals surface area contributed by atoms with Gasteiger partial charge >= 0.3 is 16.8 Å². The average Bonchev–Trinajstić information content (AvgIpc) is 0.722. The maximum absolute atomic E-state index is 8.58. The van der Waals surface area contributed by atoms with Gasteiger partial charge in [0.1, 0.15) is 0 Å². The summed E-state index contributed by atoms with van der Waals surface area (Å²) in [6, 6.07) is 0. The van der Waals surface area contributed by atoms with Gasteiger partial charge in [-0.2, -0.15) is 0 Å². The normalized spacial score (nSPS) is 10.0. The van der Waals surface area contributed by atoms with Crippen molar-refractivity contribution < 1.29 is 36.0 Å². The van der Waals surface area contributed by atoms with Crippen molar-refractivity contribution in [1.29, 1.82) is 0 Å². The van der Waals surface area contributed by atoms with Gasteiger partial charge in [0.25, 0.3) is 0 Å². The van der Waals surface area contributed by atoms with Crippen LogP contribution in [-0.2, 0) is 16.8 Å². The Morgan fingerprint density at radius 3 is 0.833 bits per heavy atom. The molecule has 0 aromatic carbocycles. The molecule has 0 fully saturated rings. The molecule has 0 aliphatic carbocycles. The molecule has 0 rings (SSSR count). The standard InChI is InChI=1S/Co.O4Si/c;1-5(2,3)4/q+4;-4. The molecule has 0 aliphatic rings. The Kier molecular flexibility index (Phi) is 4.37. The van der Waals surface area contributed by atoms with Gasteiger partial charge in [0, 0.05) is 0 Å². The Hall–Kier alpha value is 0.563. The molecule has 0 aliphatic heterocycles. The van der Waals surface area contributed by atoms with Crippen LogP contribution in [0, 0.1) is 0 Å². The van der Waals surface area contributed by atoms with Crippen LogP contribution in [0.3, 0.4) is 0 Å². The Bertz CT molecular complexity index is 23.0. The minimum Gasteiger partial charge on any atom is -0.894 e. The first kappa shape index (κ1) is 9.76. The van der Waals surface area contributed by atoms with Crippen LogP contribution in [-0.4, -0.2) is 9.05 Å². The van der Waals surface area contributed by atoms with Gasteiger partial charge in [-0.05, 0) is 0 Å². The summed E-state index contributed by atoms with van der Waals surface area (Å²) < 4.78 is 0. The van der Waals surface area contributed by atoms with Crippen LogP contribution < -0.4 is 19.2 Å². The molecule has 0 saturated carbocycles. The number of hydrogen-bond acceptors (Lipinski definition) is 4. The van der Waals surface area contributed by atoms with Gasteiger partial charge < -0.3 is 28.2 Å². The molecule has 0 saturated heterocycles. The molecule has 0 unspecified atom stereocenters. The van der Waals surface area contributed by atoms with Crippen LogP contribution in [0.2, 0.25) is 0 Å². The van der Waals surface area contributed by atoms with E-state index < -0.39 is 9.05 Å². The molecule has 0 heterocycles. The minimum absolute atomic E-state index is 0. The van der Waals surface area contributed by atoms with Gasteiger partial charge in [-0.3, -0.25) is 0 Å². The minimum atomic E-state index is -5.61. The fraction of sp³-hybridized carbons (Fsp3) is 0. The summed E-state index contributed by atoms with van der Waals surface area (Å²) in [5, 5.41) is 0. The first-order chi connectivity index (χ1) is 2.00. The summed E-state index contributed by atoms with van der Waals surface area (Å²) >= 11 is 0. The topological polar surface area (TPSA) is 92.2 Å². The van der Waals surface area contributed by atoms with E-state index in [0.717, 1.165) is 0 Å². The Labute approximate surface area is 45.7 Å². The van der Waals surface area contributed by atoms with Crippen molar-refractivity contribution in [2.45, 2.75) is 0 Å². The Morgan fingerprint density at radius 2 is 0.833 bits per heavy atom. The first-order valence-electron chi connectivity index (χ1n) is 0.816. The molecule has 6 heavy (non-hydrogen) atoms. The molecule has 0 amide bonds. The molecular weight excluding hydrogens is 151 g/mol. The van der Waals surface area contributed by atoms with E-state index in [4.69, 9.17) is 19.2 Å². The predicted molar refractivity (Wildman–Crippen MR) is 5.75 cm³/mol. The summed E-state index contributed by atoms with van der Waals surface area (Å²) in [5.74, 6) is 0. The van der Waals surface area contributed by atoms with Gasteiger partial charge in [-0.25, -0.2) is 0 Å². The van der Waals surface area contributed by atoms with Crippen molar-refractivity contribution in [3.63, 3.8) is 0 Å². The summed E-state index contributed by atoms with van der Waals surface area (Å²) in [5.41, 5.74) is 0. The second-order valence-electron chi connectivity index (χ2n) is 0.500. The maximum atomic E-state index is 8.58. The summed E-state index contributed by atoms with van der Waals surface area (Å²) in [6.07, 6.45) is 0. The molecule has 0 aromatic heterocycles.